The van der Waals surface area contributed by atoms with Crippen LogP contribution in [0.1, 0.15) is 18.1 Å². The van der Waals surface area contributed by atoms with E-state index in [1.807, 2.05) is 0 Å². The third-order valence-corrected chi connectivity index (χ3v) is 2.57. The van der Waals surface area contributed by atoms with Crippen LogP contribution in [0.2, 0.25) is 0 Å². The van der Waals surface area contributed by atoms with Gasteiger partial charge in [0.15, 0.2) is 0 Å². The Hall–Kier alpha value is -1.94. The lowest BCUT2D eigenvalue weighted by molar-refractivity contribution is -0.385. The monoisotopic (exact) mass is 312 g/mol. The minimum absolute atomic E-state index is 0.115. The molecule has 0 saturated carbocycles. The summed E-state index contributed by atoms with van der Waals surface area (Å²) >= 11 is 3.11. The van der Waals surface area contributed by atoms with Gasteiger partial charge in [-0.15, -0.1) is 0 Å². The maximum absolute atomic E-state index is 11.4. The molecule has 0 N–H and O–H groups in total. The molecular formula is C11H9BrN2O4. The summed E-state index contributed by atoms with van der Waals surface area (Å²) in [6.07, 6.45) is -0.170. The minimum Gasteiger partial charge on any atom is -0.466 e. The van der Waals surface area contributed by atoms with E-state index in [0.29, 0.717) is 4.47 Å². The lowest BCUT2D eigenvalue weighted by atomic mass is 10.0. The number of esters is 1. The van der Waals surface area contributed by atoms with E-state index in [2.05, 4.69) is 15.9 Å². The van der Waals surface area contributed by atoms with Gasteiger partial charge in [0.2, 0.25) is 0 Å². The highest BCUT2D eigenvalue weighted by molar-refractivity contribution is 9.10. The van der Waals surface area contributed by atoms with Crippen molar-refractivity contribution in [2.75, 3.05) is 6.61 Å². The Morgan fingerprint density at radius 2 is 2.28 bits per heavy atom. The maximum Gasteiger partial charge on any atom is 0.310 e. The van der Waals surface area contributed by atoms with Crippen LogP contribution in [0, 0.1) is 21.4 Å². The predicted octanol–water partition coefficient (Wildman–Crippen LogP) is 2.33. The SMILES string of the molecule is CCOC(=O)Cc1cc(Br)cc([N+](=O)[O-])c1C#N. The van der Waals surface area contributed by atoms with Gasteiger partial charge < -0.3 is 4.74 Å². The largest absolute Gasteiger partial charge is 0.466 e. The standard InChI is InChI=1S/C11H9BrN2O4/c1-2-18-11(15)4-7-3-8(12)5-10(14(16)17)9(7)6-13/h3,5H,2,4H2,1H3. The zero-order chi connectivity index (χ0) is 13.7. The fraction of sp³-hybridized carbons (Fsp3) is 0.273. The molecule has 0 amide bonds. The molecule has 0 spiro atoms. The van der Waals surface area contributed by atoms with Crippen LogP contribution in [-0.4, -0.2) is 17.5 Å². The normalized spacial score (nSPS) is 9.61. The van der Waals surface area contributed by atoms with Gasteiger partial charge in [-0.25, -0.2) is 0 Å². The number of nitro groups is 1. The Bertz CT molecular complexity index is 537. The summed E-state index contributed by atoms with van der Waals surface area (Å²) in [6, 6.07) is 4.48. The molecule has 0 atom stereocenters. The molecule has 0 aliphatic carbocycles. The van der Waals surface area contributed by atoms with Crippen molar-refractivity contribution in [3.05, 3.63) is 37.8 Å². The number of benzene rings is 1. The molecule has 0 unspecified atom stereocenters. The summed E-state index contributed by atoms with van der Waals surface area (Å²) in [5, 5.41) is 19.8. The van der Waals surface area contributed by atoms with Crippen molar-refractivity contribution in [3.63, 3.8) is 0 Å². The summed E-state index contributed by atoms with van der Waals surface area (Å²) in [6.45, 7) is 1.88. The van der Waals surface area contributed by atoms with E-state index in [4.69, 9.17) is 10.00 Å². The van der Waals surface area contributed by atoms with Crippen LogP contribution < -0.4 is 0 Å². The van der Waals surface area contributed by atoms with Crippen LogP contribution in [-0.2, 0) is 16.0 Å². The second kappa shape index (κ2) is 6.12. The first kappa shape index (κ1) is 14.1. The summed E-state index contributed by atoms with van der Waals surface area (Å²) < 4.78 is 5.19. The second-order valence-corrected chi connectivity index (χ2v) is 4.23. The molecule has 1 aromatic rings. The van der Waals surface area contributed by atoms with Gasteiger partial charge >= 0.3 is 5.97 Å². The fourth-order valence-corrected chi connectivity index (χ4v) is 1.92. The van der Waals surface area contributed by atoms with Crippen molar-refractivity contribution in [1.29, 1.82) is 5.26 Å². The van der Waals surface area contributed by atoms with E-state index in [0.717, 1.165) is 0 Å². The minimum atomic E-state index is -0.655. The van der Waals surface area contributed by atoms with E-state index in [1.54, 1.807) is 13.0 Å². The molecule has 1 rings (SSSR count). The van der Waals surface area contributed by atoms with Gasteiger partial charge in [-0.3, -0.25) is 14.9 Å². The molecule has 0 heterocycles. The van der Waals surface area contributed by atoms with Crippen LogP contribution in [0.5, 0.6) is 0 Å². The molecule has 1 aromatic carbocycles. The number of hydrogen-bond donors (Lipinski definition) is 0. The van der Waals surface area contributed by atoms with Crippen LogP contribution in [0.3, 0.4) is 0 Å². The molecule has 0 radical (unpaired) electrons. The van der Waals surface area contributed by atoms with Gasteiger partial charge in [-0.2, -0.15) is 5.26 Å². The number of halogens is 1. The van der Waals surface area contributed by atoms with Gasteiger partial charge in [0.1, 0.15) is 11.6 Å². The van der Waals surface area contributed by atoms with Gasteiger partial charge in [0.25, 0.3) is 5.69 Å². The van der Waals surface area contributed by atoms with E-state index < -0.39 is 10.9 Å². The first-order chi connectivity index (χ1) is 8.49. The third kappa shape index (κ3) is 3.28. The molecule has 0 aromatic heterocycles. The number of rotatable bonds is 4. The number of ether oxygens (including phenoxy) is 1. The van der Waals surface area contributed by atoms with Crippen molar-refractivity contribution in [2.45, 2.75) is 13.3 Å². The molecule has 0 fully saturated rings. The highest BCUT2D eigenvalue weighted by Crippen LogP contribution is 2.27. The number of nitrogens with zero attached hydrogens (tertiary/aromatic N) is 2. The molecular weight excluding hydrogens is 304 g/mol. The number of nitro benzene ring substituents is 1. The lowest BCUT2D eigenvalue weighted by Crippen LogP contribution is -2.09. The smallest absolute Gasteiger partial charge is 0.310 e. The predicted molar refractivity (Wildman–Crippen MR) is 65.8 cm³/mol. The zero-order valence-corrected chi connectivity index (χ0v) is 11.1. The van der Waals surface area contributed by atoms with E-state index in [9.17, 15) is 14.9 Å². The molecule has 18 heavy (non-hydrogen) atoms. The van der Waals surface area contributed by atoms with Gasteiger partial charge in [0, 0.05) is 10.5 Å². The van der Waals surface area contributed by atoms with Crippen LogP contribution in [0.4, 0.5) is 5.69 Å². The van der Waals surface area contributed by atoms with Crippen LogP contribution >= 0.6 is 15.9 Å². The zero-order valence-electron chi connectivity index (χ0n) is 9.47. The summed E-state index contributed by atoms with van der Waals surface area (Å²) in [7, 11) is 0. The Labute approximate surface area is 111 Å². The Kier molecular flexibility index (Phi) is 4.80. The number of nitriles is 1. The average Bonchev–Trinajstić information content (AvgIpc) is 2.28. The molecule has 0 aliphatic rings. The van der Waals surface area contributed by atoms with Gasteiger partial charge in [0.05, 0.1) is 18.0 Å². The molecule has 94 valence electrons. The Morgan fingerprint density at radius 3 is 2.78 bits per heavy atom. The van der Waals surface area contributed by atoms with Crippen molar-refractivity contribution in [1.82, 2.24) is 0 Å². The topological polar surface area (TPSA) is 93.2 Å². The Morgan fingerprint density at radius 1 is 1.61 bits per heavy atom. The van der Waals surface area contributed by atoms with E-state index in [1.165, 1.54) is 12.1 Å². The quantitative estimate of drug-likeness (QED) is 0.483. The molecule has 0 saturated heterocycles. The van der Waals surface area contributed by atoms with Crippen molar-refractivity contribution in [3.8, 4) is 6.07 Å². The van der Waals surface area contributed by atoms with Crippen molar-refractivity contribution < 1.29 is 14.5 Å². The van der Waals surface area contributed by atoms with Crippen molar-refractivity contribution >= 4 is 27.6 Å². The van der Waals surface area contributed by atoms with Crippen molar-refractivity contribution in [2.24, 2.45) is 0 Å². The first-order valence-corrected chi connectivity index (χ1v) is 5.81. The molecule has 6 nitrogen and oxygen atoms in total. The molecule has 0 bridgehead atoms. The molecule has 0 aliphatic heterocycles. The number of carbonyl (C=O) groups is 1. The fourth-order valence-electron chi connectivity index (χ4n) is 1.43. The lowest BCUT2D eigenvalue weighted by Gasteiger charge is -2.05. The third-order valence-electron chi connectivity index (χ3n) is 2.11. The molecule has 7 heteroatoms. The highest BCUT2D eigenvalue weighted by atomic mass is 79.9. The van der Waals surface area contributed by atoms with Crippen LogP contribution in [0.15, 0.2) is 16.6 Å². The Balaban J connectivity index is 3.23. The van der Waals surface area contributed by atoms with Gasteiger partial charge in [-0.1, -0.05) is 15.9 Å². The first-order valence-electron chi connectivity index (χ1n) is 5.02. The van der Waals surface area contributed by atoms with E-state index in [-0.39, 0.29) is 29.8 Å². The summed E-state index contributed by atoms with van der Waals surface area (Å²) in [4.78, 5) is 21.5. The second-order valence-electron chi connectivity index (χ2n) is 3.31. The highest BCUT2D eigenvalue weighted by Gasteiger charge is 2.20. The summed E-state index contributed by atoms with van der Waals surface area (Å²) in [5.41, 5.74) is -0.167. The number of hydrogen-bond acceptors (Lipinski definition) is 5. The van der Waals surface area contributed by atoms with E-state index >= 15 is 0 Å². The average molecular weight is 313 g/mol. The summed E-state index contributed by atoms with van der Waals surface area (Å²) in [5.74, 6) is -0.526. The van der Waals surface area contributed by atoms with Crippen LogP contribution in [0.25, 0.3) is 0 Å². The van der Waals surface area contributed by atoms with Gasteiger partial charge in [-0.05, 0) is 18.6 Å². The number of carbonyl (C=O) groups excluding carboxylic acids is 1. The maximum atomic E-state index is 11.4.